The lowest BCUT2D eigenvalue weighted by Crippen LogP contribution is -3.10. The molecule has 3 heteroatoms. The average Bonchev–Trinajstić information content (AvgIpc) is 2.57. The summed E-state index contributed by atoms with van der Waals surface area (Å²) in [5, 5.41) is 12.8. The van der Waals surface area contributed by atoms with Crippen LogP contribution in [0.2, 0.25) is 0 Å². The van der Waals surface area contributed by atoms with Crippen molar-refractivity contribution in [3.05, 3.63) is 71.8 Å². The third-order valence-corrected chi connectivity index (χ3v) is 4.52. The van der Waals surface area contributed by atoms with Crippen LogP contribution in [0.25, 0.3) is 0 Å². The summed E-state index contributed by atoms with van der Waals surface area (Å²) < 4.78 is 0. The molecule has 1 saturated heterocycles. The molecule has 0 aliphatic carbocycles. The van der Waals surface area contributed by atoms with Gasteiger partial charge in [-0.05, 0) is 0 Å². The number of hydrogen-bond donors (Lipinski definition) is 2. The van der Waals surface area contributed by atoms with Crippen molar-refractivity contribution in [3.63, 3.8) is 0 Å². The van der Waals surface area contributed by atoms with Crippen LogP contribution in [-0.4, -0.2) is 18.0 Å². The normalized spacial score (nSPS) is 27.7. The fourth-order valence-corrected chi connectivity index (χ4v) is 3.33. The Balaban J connectivity index is 1.95. The average molecular weight is 281 g/mol. The highest BCUT2D eigenvalue weighted by Crippen LogP contribution is 2.26. The van der Waals surface area contributed by atoms with Crippen molar-refractivity contribution < 1.29 is 10.1 Å². The maximum atomic E-state index is 9.29. The fraction of sp³-hybridized carbons (Fsp3) is 0.278. The monoisotopic (exact) mass is 281 g/mol. The minimum Gasteiger partial charge on any atom is -0.411 e. The Kier molecular flexibility index (Phi) is 4.02. The second kappa shape index (κ2) is 6.10. The molecule has 108 valence electrons. The Morgan fingerprint density at radius 1 is 0.857 bits per heavy atom. The van der Waals surface area contributed by atoms with Crippen molar-refractivity contribution in [2.45, 2.75) is 24.9 Å². The summed E-state index contributed by atoms with van der Waals surface area (Å²) in [6, 6.07) is 21.7. The van der Waals surface area contributed by atoms with Crippen molar-refractivity contribution in [2.75, 3.05) is 7.05 Å². The molecule has 0 radical (unpaired) electrons. The van der Waals surface area contributed by atoms with Crippen LogP contribution in [0, 0.1) is 0 Å². The molecule has 0 saturated carbocycles. The van der Waals surface area contributed by atoms with Crippen molar-refractivity contribution >= 4 is 5.71 Å². The van der Waals surface area contributed by atoms with Crippen LogP contribution in [-0.2, 0) is 0 Å². The number of benzene rings is 2. The van der Waals surface area contributed by atoms with Crippen LogP contribution in [0.3, 0.4) is 0 Å². The molecule has 0 bridgehead atoms. The zero-order chi connectivity index (χ0) is 14.7. The summed E-state index contributed by atoms with van der Waals surface area (Å²) >= 11 is 0. The Morgan fingerprint density at radius 3 is 1.67 bits per heavy atom. The second-order valence-electron chi connectivity index (χ2n) is 5.75. The SMILES string of the molecule is C[NH+]1[C@@H](c2ccccc2)CC(=NO)C[C@H]1c1ccccc1. The van der Waals surface area contributed by atoms with Crippen LogP contribution in [0.1, 0.15) is 36.1 Å². The number of nitrogens with one attached hydrogen (secondary N) is 1. The fourth-order valence-electron chi connectivity index (χ4n) is 3.33. The third kappa shape index (κ3) is 2.83. The van der Waals surface area contributed by atoms with Crippen LogP contribution in [0.4, 0.5) is 0 Å². The van der Waals surface area contributed by atoms with Gasteiger partial charge in [-0.3, -0.25) is 0 Å². The van der Waals surface area contributed by atoms with Gasteiger partial charge < -0.3 is 10.1 Å². The molecule has 0 amide bonds. The number of nitrogens with zero attached hydrogens (tertiary/aromatic N) is 1. The number of likely N-dealkylation sites (tertiary alicyclic amines) is 1. The van der Waals surface area contributed by atoms with E-state index in [1.54, 1.807) is 0 Å². The lowest BCUT2D eigenvalue weighted by molar-refractivity contribution is -0.945. The smallest absolute Gasteiger partial charge is 0.119 e. The van der Waals surface area contributed by atoms with Gasteiger partial charge in [0.05, 0.1) is 12.8 Å². The van der Waals surface area contributed by atoms with Gasteiger partial charge >= 0.3 is 0 Å². The van der Waals surface area contributed by atoms with Crippen LogP contribution >= 0.6 is 0 Å². The summed E-state index contributed by atoms with van der Waals surface area (Å²) in [5.41, 5.74) is 3.50. The zero-order valence-electron chi connectivity index (χ0n) is 12.2. The molecule has 1 aliphatic heterocycles. The highest BCUT2D eigenvalue weighted by Gasteiger charge is 2.36. The molecule has 1 aliphatic rings. The van der Waals surface area contributed by atoms with E-state index in [1.807, 2.05) is 12.1 Å². The molecule has 0 spiro atoms. The largest absolute Gasteiger partial charge is 0.411 e. The van der Waals surface area contributed by atoms with E-state index in [1.165, 1.54) is 16.0 Å². The highest BCUT2D eigenvalue weighted by molar-refractivity contribution is 5.85. The number of rotatable bonds is 2. The van der Waals surface area contributed by atoms with E-state index in [4.69, 9.17) is 0 Å². The number of quaternary nitrogens is 1. The van der Waals surface area contributed by atoms with E-state index in [9.17, 15) is 5.21 Å². The van der Waals surface area contributed by atoms with Gasteiger partial charge in [0.2, 0.25) is 0 Å². The van der Waals surface area contributed by atoms with Gasteiger partial charge in [-0.1, -0.05) is 65.8 Å². The van der Waals surface area contributed by atoms with Crippen molar-refractivity contribution in [3.8, 4) is 0 Å². The molecule has 0 aromatic heterocycles. The Labute approximate surface area is 125 Å². The van der Waals surface area contributed by atoms with Gasteiger partial charge in [0.25, 0.3) is 0 Å². The topological polar surface area (TPSA) is 37.0 Å². The molecule has 3 nitrogen and oxygen atoms in total. The summed E-state index contributed by atoms with van der Waals surface area (Å²) in [7, 11) is 2.24. The van der Waals surface area contributed by atoms with Gasteiger partial charge in [0.15, 0.2) is 0 Å². The van der Waals surface area contributed by atoms with E-state index in [0.29, 0.717) is 12.1 Å². The van der Waals surface area contributed by atoms with Gasteiger partial charge in [-0.25, -0.2) is 0 Å². The predicted octanol–water partition coefficient (Wildman–Crippen LogP) is 2.61. The molecule has 1 unspecified atom stereocenters. The Morgan fingerprint density at radius 2 is 1.29 bits per heavy atom. The van der Waals surface area contributed by atoms with Gasteiger partial charge in [-0.15, -0.1) is 0 Å². The Hall–Kier alpha value is -2.13. The van der Waals surface area contributed by atoms with Crippen molar-refractivity contribution in [1.82, 2.24) is 0 Å². The van der Waals surface area contributed by atoms with Gasteiger partial charge in [0, 0.05) is 24.0 Å². The molecule has 2 N–H and O–H groups in total. The number of piperidine rings is 1. The maximum Gasteiger partial charge on any atom is 0.119 e. The molecular weight excluding hydrogens is 260 g/mol. The van der Waals surface area contributed by atoms with Gasteiger partial charge in [0.1, 0.15) is 12.1 Å². The first-order chi connectivity index (χ1) is 10.3. The predicted molar refractivity (Wildman–Crippen MR) is 83.7 cm³/mol. The molecule has 1 heterocycles. The van der Waals surface area contributed by atoms with Gasteiger partial charge in [-0.2, -0.15) is 0 Å². The molecule has 2 aromatic rings. The molecule has 2 aromatic carbocycles. The molecular formula is C18H21N2O+. The first-order valence-electron chi connectivity index (χ1n) is 7.42. The van der Waals surface area contributed by atoms with Crippen LogP contribution in [0.5, 0.6) is 0 Å². The minimum atomic E-state index is 0.330. The van der Waals surface area contributed by atoms with E-state index in [-0.39, 0.29) is 0 Å². The minimum absolute atomic E-state index is 0.330. The molecule has 3 atom stereocenters. The summed E-state index contributed by atoms with van der Waals surface area (Å²) in [6.07, 6.45) is 1.63. The Bertz CT molecular complexity index is 558. The summed E-state index contributed by atoms with van der Waals surface area (Å²) in [5.74, 6) is 0. The van der Waals surface area contributed by atoms with E-state index < -0.39 is 0 Å². The van der Waals surface area contributed by atoms with Crippen molar-refractivity contribution in [2.24, 2.45) is 5.16 Å². The summed E-state index contributed by atoms with van der Waals surface area (Å²) in [4.78, 5) is 1.46. The second-order valence-corrected chi connectivity index (χ2v) is 5.75. The van der Waals surface area contributed by atoms with Crippen LogP contribution < -0.4 is 4.90 Å². The lowest BCUT2D eigenvalue weighted by atomic mass is 9.87. The standard InChI is InChI=1S/C18H20N2O/c1-20-17(14-8-4-2-5-9-14)12-16(19-21)13-18(20)15-10-6-3-7-11-15/h2-11,17-18,21H,12-13H2,1H3/p+1/t17-,18+. The number of oxime groups is 1. The van der Waals surface area contributed by atoms with Crippen molar-refractivity contribution in [1.29, 1.82) is 0 Å². The highest BCUT2D eigenvalue weighted by atomic mass is 16.4. The van der Waals surface area contributed by atoms with E-state index >= 15 is 0 Å². The first kappa shape index (κ1) is 13.8. The molecule has 3 rings (SSSR count). The quantitative estimate of drug-likeness (QED) is 0.644. The zero-order valence-corrected chi connectivity index (χ0v) is 12.2. The lowest BCUT2D eigenvalue weighted by Gasteiger charge is -2.37. The molecule has 1 fully saturated rings. The third-order valence-electron chi connectivity index (χ3n) is 4.52. The first-order valence-corrected chi connectivity index (χ1v) is 7.42. The van der Waals surface area contributed by atoms with E-state index in [2.05, 4.69) is 60.7 Å². The van der Waals surface area contributed by atoms with Crippen LogP contribution in [0.15, 0.2) is 65.8 Å². The molecule has 21 heavy (non-hydrogen) atoms. The van der Waals surface area contributed by atoms with E-state index in [0.717, 1.165) is 18.6 Å². The summed E-state index contributed by atoms with van der Waals surface area (Å²) in [6.45, 7) is 0. The number of hydrogen-bond acceptors (Lipinski definition) is 2. The maximum absolute atomic E-state index is 9.29.